The minimum atomic E-state index is -0.412. The average Bonchev–Trinajstić information content (AvgIpc) is 2.36. The minimum Gasteiger partial charge on any atom is -0.454 e. The fourth-order valence-corrected chi connectivity index (χ4v) is 1.52. The zero-order valence-electron chi connectivity index (χ0n) is 9.98. The fourth-order valence-electron chi connectivity index (χ4n) is 1.52. The molecule has 0 N–H and O–H groups in total. The lowest BCUT2D eigenvalue weighted by atomic mass is 10.1. The van der Waals surface area contributed by atoms with E-state index in [0.717, 1.165) is 11.1 Å². The maximum atomic E-state index is 13.6. The molecular formula is C16H12FO. The number of rotatable bonds is 3. The number of halogens is 1. The van der Waals surface area contributed by atoms with Gasteiger partial charge in [-0.3, -0.25) is 0 Å². The van der Waals surface area contributed by atoms with Crippen molar-refractivity contribution in [3.63, 3.8) is 0 Å². The van der Waals surface area contributed by atoms with E-state index in [9.17, 15) is 4.39 Å². The maximum absolute atomic E-state index is 13.6. The Balaban J connectivity index is 2.25. The van der Waals surface area contributed by atoms with Crippen LogP contribution < -0.4 is 4.74 Å². The van der Waals surface area contributed by atoms with E-state index in [1.54, 1.807) is 30.7 Å². The normalized spacial score (nSPS) is 9.83. The molecule has 2 heteroatoms. The molecule has 0 saturated carbocycles. The van der Waals surface area contributed by atoms with Gasteiger partial charge < -0.3 is 4.74 Å². The Morgan fingerprint density at radius 1 is 1.17 bits per heavy atom. The van der Waals surface area contributed by atoms with E-state index in [2.05, 4.69) is 5.92 Å². The van der Waals surface area contributed by atoms with Gasteiger partial charge in [-0.2, -0.15) is 0 Å². The fraction of sp³-hybridized carbons (Fsp3) is 0.0625. The molecule has 0 heterocycles. The van der Waals surface area contributed by atoms with Crippen LogP contribution in [0.4, 0.5) is 4.39 Å². The lowest BCUT2D eigenvalue weighted by molar-refractivity contribution is 0.442. The zero-order valence-corrected chi connectivity index (χ0v) is 9.98. The van der Waals surface area contributed by atoms with Gasteiger partial charge in [0.05, 0.1) is 6.42 Å². The lowest BCUT2D eigenvalue weighted by Crippen LogP contribution is -1.90. The van der Waals surface area contributed by atoms with Gasteiger partial charge in [-0.05, 0) is 36.8 Å². The molecular weight excluding hydrogens is 227 g/mol. The molecule has 0 aliphatic heterocycles. The Kier molecular flexibility index (Phi) is 3.64. The van der Waals surface area contributed by atoms with Crippen LogP contribution in [0.25, 0.3) is 0 Å². The van der Waals surface area contributed by atoms with Crippen LogP contribution in [0.15, 0.2) is 42.5 Å². The minimum absolute atomic E-state index is 0.169. The summed E-state index contributed by atoms with van der Waals surface area (Å²) in [5.41, 5.74) is 1.86. The third-order valence-corrected chi connectivity index (χ3v) is 2.45. The van der Waals surface area contributed by atoms with Gasteiger partial charge in [0.15, 0.2) is 11.6 Å². The molecule has 0 saturated heterocycles. The van der Waals surface area contributed by atoms with Gasteiger partial charge in [0.2, 0.25) is 0 Å². The number of aryl methyl sites for hydroxylation is 1. The summed E-state index contributed by atoms with van der Waals surface area (Å²) in [4.78, 5) is 0. The molecule has 2 rings (SSSR count). The van der Waals surface area contributed by atoms with E-state index in [-0.39, 0.29) is 5.75 Å². The van der Waals surface area contributed by atoms with Crippen molar-refractivity contribution >= 4 is 0 Å². The molecule has 18 heavy (non-hydrogen) atoms. The molecule has 89 valence electrons. The predicted octanol–water partition coefficient (Wildman–Crippen LogP) is 4.11. The Labute approximate surface area is 106 Å². The number of hydrogen-bond donors (Lipinski definition) is 0. The van der Waals surface area contributed by atoms with E-state index in [4.69, 9.17) is 11.2 Å². The van der Waals surface area contributed by atoms with E-state index in [1.165, 1.54) is 6.07 Å². The van der Waals surface area contributed by atoms with Crippen LogP contribution in [0.1, 0.15) is 11.1 Å². The molecule has 0 aliphatic carbocycles. The van der Waals surface area contributed by atoms with Gasteiger partial charge >= 0.3 is 0 Å². The van der Waals surface area contributed by atoms with Crippen LogP contribution >= 0.6 is 0 Å². The van der Waals surface area contributed by atoms with Gasteiger partial charge in [-0.1, -0.05) is 29.7 Å². The first-order valence-electron chi connectivity index (χ1n) is 5.52. The average molecular weight is 239 g/mol. The van der Waals surface area contributed by atoms with Crippen LogP contribution in [0, 0.1) is 31.5 Å². The zero-order chi connectivity index (χ0) is 13.0. The summed E-state index contributed by atoms with van der Waals surface area (Å²) in [6.07, 6.45) is 6.73. The molecule has 0 fully saturated rings. The molecule has 2 aromatic rings. The first kappa shape index (κ1) is 12.2. The Morgan fingerprint density at radius 2 is 1.89 bits per heavy atom. The Bertz CT molecular complexity index is 579. The Hall–Kier alpha value is -2.27. The third-order valence-electron chi connectivity index (χ3n) is 2.45. The molecule has 0 bridgehead atoms. The van der Waals surface area contributed by atoms with Gasteiger partial charge in [-0.25, -0.2) is 4.39 Å². The number of ether oxygens (including phenoxy) is 1. The summed E-state index contributed by atoms with van der Waals surface area (Å²) in [6.45, 7) is 1.98. The SMILES string of the molecule is C#C[CH]c1ccc(F)c(Oc2ccc(C)cc2)c1. The second-order valence-corrected chi connectivity index (χ2v) is 3.92. The van der Waals surface area contributed by atoms with Crippen molar-refractivity contribution in [2.45, 2.75) is 6.92 Å². The highest BCUT2D eigenvalue weighted by Gasteiger charge is 2.06. The highest BCUT2D eigenvalue weighted by Crippen LogP contribution is 2.26. The van der Waals surface area contributed by atoms with Crippen molar-refractivity contribution in [2.75, 3.05) is 0 Å². The maximum Gasteiger partial charge on any atom is 0.165 e. The summed E-state index contributed by atoms with van der Waals surface area (Å²) in [7, 11) is 0. The topological polar surface area (TPSA) is 9.23 Å². The lowest BCUT2D eigenvalue weighted by Gasteiger charge is -2.08. The quantitative estimate of drug-likeness (QED) is 0.732. The van der Waals surface area contributed by atoms with Gasteiger partial charge in [0.1, 0.15) is 5.75 Å². The molecule has 1 radical (unpaired) electrons. The van der Waals surface area contributed by atoms with E-state index < -0.39 is 5.82 Å². The molecule has 0 spiro atoms. The first-order chi connectivity index (χ1) is 8.69. The van der Waals surface area contributed by atoms with Gasteiger partial charge in [0, 0.05) is 0 Å². The first-order valence-corrected chi connectivity index (χ1v) is 5.52. The Morgan fingerprint density at radius 3 is 2.56 bits per heavy atom. The summed E-state index contributed by atoms with van der Waals surface area (Å²) < 4.78 is 19.1. The molecule has 0 unspecified atom stereocenters. The van der Waals surface area contributed by atoms with Gasteiger partial charge in [0.25, 0.3) is 0 Å². The van der Waals surface area contributed by atoms with Crippen molar-refractivity contribution in [2.24, 2.45) is 0 Å². The smallest absolute Gasteiger partial charge is 0.165 e. The predicted molar refractivity (Wildman–Crippen MR) is 69.9 cm³/mol. The molecule has 1 nitrogen and oxygen atoms in total. The third kappa shape index (κ3) is 2.89. The molecule has 2 aromatic carbocycles. The van der Waals surface area contributed by atoms with Gasteiger partial charge in [-0.15, -0.1) is 6.42 Å². The van der Waals surface area contributed by atoms with E-state index in [0.29, 0.717) is 5.75 Å². The van der Waals surface area contributed by atoms with Crippen molar-refractivity contribution in [3.05, 3.63) is 65.8 Å². The summed E-state index contributed by atoms with van der Waals surface area (Å²) in [5.74, 6) is 2.75. The van der Waals surface area contributed by atoms with Crippen molar-refractivity contribution < 1.29 is 9.13 Å². The van der Waals surface area contributed by atoms with Crippen LogP contribution in [0.2, 0.25) is 0 Å². The number of benzene rings is 2. The second kappa shape index (κ2) is 5.37. The van der Waals surface area contributed by atoms with Crippen molar-refractivity contribution in [1.82, 2.24) is 0 Å². The van der Waals surface area contributed by atoms with Crippen LogP contribution in [-0.4, -0.2) is 0 Å². The van der Waals surface area contributed by atoms with Crippen molar-refractivity contribution in [1.29, 1.82) is 0 Å². The van der Waals surface area contributed by atoms with Crippen molar-refractivity contribution in [3.8, 4) is 23.8 Å². The highest BCUT2D eigenvalue weighted by atomic mass is 19.1. The molecule has 0 aromatic heterocycles. The summed E-state index contributed by atoms with van der Waals surface area (Å²) >= 11 is 0. The number of terminal acetylenes is 1. The second-order valence-electron chi connectivity index (χ2n) is 3.92. The van der Waals surface area contributed by atoms with Crippen LogP contribution in [-0.2, 0) is 0 Å². The standard InChI is InChI=1S/C16H12FO/c1-3-4-13-7-10-15(17)16(11-13)18-14-8-5-12(2)6-9-14/h1,4-11H,2H3. The molecule has 0 aliphatic rings. The summed E-state index contributed by atoms with van der Waals surface area (Å²) in [6, 6.07) is 11.9. The molecule has 0 amide bonds. The highest BCUT2D eigenvalue weighted by molar-refractivity contribution is 5.40. The largest absolute Gasteiger partial charge is 0.454 e. The van der Waals surface area contributed by atoms with E-state index >= 15 is 0 Å². The monoisotopic (exact) mass is 239 g/mol. The van der Waals surface area contributed by atoms with Crippen LogP contribution in [0.5, 0.6) is 11.5 Å². The molecule has 0 atom stereocenters. The summed E-state index contributed by atoms with van der Waals surface area (Å²) in [5, 5.41) is 0. The number of hydrogen-bond acceptors (Lipinski definition) is 1. The van der Waals surface area contributed by atoms with E-state index in [1.807, 2.05) is 19.1 Å². The van der Waals surface area contributed by atoms with Crippen LogP contribution in [0.3, 0.4) is 0 Å².